The zero-order chi connectivity index (χ0) is 12.9. The Hall–Kier alpha value is -1.54. The van der Waals surface area contributed by atoms with Crippen molar-refractivity contribution in [3.8, 4) is 5.69 Å². The first-order valence-electron chi connectivity index (χ1n) is 7.36. The van der Waals surface area contributed by atoms with Crippen LogP contribution in [0.15, 0.2) is 48.8 Å². The minimum atomic E-state index is 1.17. The summed E-state index contributed by atoms with van der Waals surface area (Å²) in [5, 5.41) is 0. The number of hydrogen-bond donors (Lipinski definition) is 0. The number of nitrogens with zero attached hydrogens (tertiary/aromatic N) is 2. The van der Waals surface area contributed by atoms with Gasteiger partial charge >= 0.3 is 0 Å². The smallest absolute Gasteiger partial charge is 0.0449 e. The molecule has 0 aliphatic carbocycles. The minimum absolute atomic E-state index is 1.17. The van der Waals surface area contributed by atoms with E-state index in [1.165, 1.54) is 56.6 Å². The van der Waals surface area contributed by atoms with Crippen LogP contribution in [0.2, 0.25) is 0 Å². The number of likely N-dealkylation sites (tertiary alicyclic amines) is 1. The van der Waals surface area contributed by atoms with Gasteiger partial charge in [0.25, 0.3) is 0 Å². The number of rotatable bonds is 4. The Labute approximate surface area is 115 Å². The molecule has 1 fully saturated rings. The maximum Gasteiger partial charge on any atom is 0.0449 e. The molecule has 1 aliphatic heterocycles. The fourth-order valence-electron chi connectivity index (χ4n) is 2.81. The van der Waals surface area contributed by atoms with Gasteiger partial charge in [-0.15, -0.1) is 0 Å². The molecule has 0 amide bonds. The first-order chi connectivity index (χ1) is 9.42. The van der Waals surface area contributed by atoms with Crippen LogP contribution in [-0.4, -0.2) is 29.1 Å². The average molecular weight is 254 g/mol. The fraction of sp³-hybridized carbons (Fsp3) is 0.412. The van der Waals surface area contributed by atoms with Crippen molar-refractivity contribution >= 4 is 0 Å². The number of piperidine rings is 1. The molecule has 0 saturated carbocycles. The topological polar surface area (TPSA) is 8.17 Å². The number of aromatic nitrogens is 1. The van der Waals surface area contributed by atoms with E-state index in [-0.39, 0.29) is 0 Å². The highest BCUT2D eigenvalue weighted by Crippen LogP contribution is 2.13. The van der Waals surface area contributed by atoms with Crippen molar-refractivity contribution in [3.63, 3.8) is 0 Å². The molecule has 0 radical (unpaired) electrons. The summed E-state index contributed by atoms with van der Waals surface area (Å²) < 4.78 is 2.15. The summed E-state index contributed by atoms with van der Waals surface area (Å²) in [6, 6.07) is 13.1. The van der Waals surface area contributed by atoms with Gasteiger partial charge in [-0.1, -0.05) is 18.6 Å². The Balaban J connectivity index is 1.57. The van der Waals surface area contributed by atoms with E-state index in [0.717, 1.165) is 0 Å². The lowest BCUT2D eigenvalue weighted by atomic mass is 10.1. The molecule has 0 N–H and O–H groups in total. The highest BCUT2D eigenvalue weighted by molar-refractivity contribution is 5.35. The normalized spacial score (nSPS) is 16.6. The van der Waals surface area contributed by atoms with Crippen molar-refractivity contribution in [1.29, 1.82) is 0 Å². The average Bonchev–Trinajstić information content (AvgIpc) is 3.01. The van der Waals surface area contributed by atoms with Crippen LogP contribution in [0.1, 0.15) is 24.8 Å². The van der Waals surface area contributed by atoms with Gasteiger partial charge < -0.3 is 9.47 Å². The van der Waals surface area contributed by atoms with Gasteiger partial charge in [-0.3, -0.25) is 0 Å². The van der Waals surface area contributed by atoms with E-state index in [1.807, 2.05) is 0 Å². The fourth-order valence-corrected chi connectivity index (χ4v) is 2.81. The molecule has 1 saturated heterocycles. The van der Waals surface area contributed by atoms with Gasteiger partial charge in [-0.25, -0.2) is 0 Å². The van der Waals surface area contributed by atoms with E-state index < -0.39 is 0 Å². The molecule has 2 heterocycles. The van der Waals surface area contributed by atoms with Crippen LogP contribution in [0.3, 0.4) is 0 Å². The lowest BCUT2D eigenvalue weighted by Crippen LogP contribution is -2.31. The Bertz CT molecular complexity index is 478. The molecule has 0 bridgehead atoms. The molecule has 3 rings (SSSR count). The van der Waals surface area contributed by atoms with Crippen molar-refractivity contribution < 1.29 is 0 Å². The maximum atomic E-state index is 2.60. The lowest BCUT2D eigenvalue weighted by Gasteiger charge is -2.26. The summed E-state index contributed by atoms with van der Waals surface area (Å²) in [6.45, 7) is 3.80. The van der Waals surface area contributed by atoms with Gasteiger partial charge in [-0.05, 0) is 62.2 Å². The van der Waals surface area contributed by atoms with Gasteiger partial charge in [0.1, 0.15) is 0 Å². The molecule has 0 spiro atoms. The summed E-state index contributed by atoms with van der Waals surface area (Å²) in [6.07, 6.45) is 9.53. The predicted octanol–water partition coefficient (Wildman–Crippen LogP) is 3.51. The zero-order valence-corrected chi connectivity index (χ0v) is 11.5. The monoisotopic (exact) mass is 254 g/mol. The van der Waals surface area contributed by atoms with E-state index in [2.05, 4.69) is 58.3 Å². The van der Waals surface area contributed by atoms with Crippen LogP contribution >= 0.6 is 0 Å². The summed E-state index contributed by atoms with van der Waals surface area (Å²) in [7, 11) is 0. The third kappa shape index (κ3) is 3.27. The molecule has 100 valence electrons. The van der Waals surface area contributed by atoms with Crippen LogP contribution in [-0.2, 0) is 6.42 Å². The highest BCUT2D eigenvalue weighted by atomic mass is 15.1. The van der Waals surface area contributed by atoms with Crippen LogP contribution in [0.5, 0.6) is 0 Å². The van der Waals surface area contributed by atoms with E-state index in [0.29, 0.717) is 0 Å². The van der Waals surface area contributed by atoms with E-state index in [9.17, 15) is 0 Å². The third-order valence-electron chi connectivity index (χ3n) is 4.00. The summed E-state index contributed by atoms with van der Waals surface area (Å²) in [5.74, 6) is 0. The van der Waals surface area contributed by atoms with Crippen molar-refractivity contribution in [2.24, 2.45) is 0 Å². The second-order valence-electron chi connectivity index (χ2n) is 5.41. The van der Waals surface area contributed by atoms with Crippen molar-refractivity contribution in [1.82, 2.24) is 9.47 Å². The molecule has 1 aromatic heterocycles. The van der Waals surface area contributed by atoms with Gasteiger partial charge in [0, 0.05) is 24.6 Å². The Kier molecular flexibility index (Phi) is 3.99. The standard InChI is InChI=1S/C17H22N2/c1-2-11-18(12-3-1)15-10-16-6-8-17(9-7-16)19-13-4-5-14-19/h4-9,13-14H,1-3,10-12,15H2. The molecular weight excluding hydrogens is 232 g/mol. The van der Waals surface area contributed by atoms with Gasteiger partial charge in [0.05, 0.1) is 0 Å². The van der Waals surface area contributed by atoms with Gasteiger partial charge in [0.15, 0.2) is 0 Å². The van der Waals surface area contributed by atoms with Crippen LogP contribution < -0.4 is 0 Å². The molecular formula is C17H22N2. The third-order valence-corrected chi connectivity index (χ3v) is 4.00. The van der Waals surface area contributed by atoms with Crippen molar-refractivity contribution in [2.45, 2.75) is 25.7 Å². The minimum Gasteiger partial charge on any atom is -0.324 e. The van der Waals surface area contributed by atoms with Crippen molar-refractivity contribution in [3.05, 3.63) is 54.4 Å². The van der Waals surface area contributed by atoms with Crippen LogP contribution in [0, 0.1) is 0 Å². The Morgan fingerprint density at radius 2 is 1.53 bits per heavy atom. The largest absolute Gasteiger partial charge is 0.324 e. The first-order valence-corrected chi connectivity index (χ1v) is 7.36. The quantitative estimate of drug-likeness (QED) is 0.810. The molecule has 0 atom stereocenters. The molecule has 0 unspecified atom stereocenters. The highest BCUT2D eigenvalue weighted by Gasteiger charge is 2.09. The number of benzene rings is 1. The summed E-state index contributed by atoms with van der Waals surface area (Å²) >= 11 is 0. The molecule has 19 heavy (non-hydrogen) atoms. The molecule has 1 aromatic carbocycles. The Morgan fingerprint density at radius 1 is 0.842 bits per heavy atom. The maximum absolute atomic E-state index is 2.60. The first kappa shape index (κ1) is 12.5. The predicted molar refractivity (Wildman–Crippen MR) is 79.8 cm³/mol. The van der Waals surface area contributed by atoms with Crippen LogP contribution in [0.4, 0.5) is 0 Å². The van der Waals surface area contributed by atoms with E-state index >= 15 is 0 Å². The van der Waals surface area contributed by atoms with Crippen molar-refractivity contribution in [2.75, 3.05) is 19.6 Å². The molecule has 2 aromatic rings. The van der Waals surface area contributed by atoms with E-state index in [1.54, 1.807) is 0 Å². The number of hydrogen-bond acceptors (Lipinski definition) is 1. The molecule has 1 aliphatic rings. The second kappa shape index (κ2) is 6.07. The SMILES string of the molecule is c1ccn(-c2ccc(CCN3CCCCC3)cc2)c1. The zero-order valence-electron chi connectivity index (χ0n) is 11.5. The second-order valence-corrected chi connectivity index (χ2v) is 5.41. The van der Waals surface area contributed by atoms with Gasteiger partial charge in [-0.2, -0.15) is 0 Å². The Morgan fingerprint density at radius 3 is 2.21 bits per heavy atom. The lowest BCUT2D eigenvalue weighted by molar-refractivity contribution is 0.231. The molecule has 2 nitrogen and oxygen atoms in total. The molecule has 2 heteroatoms. The van der Waals surface area contributed by atoms with E-state index in [4.69, 9.17) is 0 Å². The summed E-state index contributed by atoms with van der Waals surface area (Å²) in [4.78, 5) is 2.60. The van der Waals surface area contributed by atoms with Gasteiger partial charge in [0.2, 0.25) is 0 Å². The summed E-state index contributed by atoms with van der Waals surface area (Å²) in [5.41, 5.74) is 2.69. The van der Waals surface area contributed by atoms with Crippen LogP contribution in [0.25, 0.3) is 5.69 Å².